The van der Waals surface area contributed by atoms with Gasteiger partial charge in [0.2, 0.25) is 0 Å². The topological polar surface area (TPSA) is 95.2 Å². The van der Waals surface area contributed by atoms with Crippen molar-refractivity contribution in [1.29, 1.82) is 0 Å². The molecule has 0 bridgehead atoms. The van der Waals surface area contributed by atoms with Crippen LogP contribution >= 0.6 is 0 Å². The summed E-state index contributed by atoms with van der Waals surface area (Å²) in [5.41, 5.74) is 1.33. The van der Waals surface area contributed by atoms with Crippen molar-refractivity contribution >= 4 is 5.97 Å². The van der Waals surface area contributed by atoms with E-state index in [9.17, 15) is 14.7 Å². The molecule has 0 saturated heterocycles. The second-order valence-corrected chi connectivity index (χ2v) is 6.79. The molecule has 0 aliphatic heterocycles. The summed E-state index contributed by atoms with van der Waals surface area (Å²) in [6.45, 7) is 7.16. The molecule has 3 atom stereocenters. The van der Waals surface area contributed by atoms with E-state index >= 15 is 0 Å². The van der Waals surface area contributed by atoms with E-state index in [1.165, 1.54) is 6.08 Å². The lowest BCUT2D eigenvalue weighted by molar-refractivity contribution is -0.158. The molecule has 3 rings (SSSR count). The molecule has 3 N–H and O–H groups in total. The Morgan fingerprint density at radius 2 is 2.08 bits per heavy atom. The fraction of sp³-hybridized carbons (Fsp3) is 0.368. The Bertz CT molecular complexity index is 845. The number of rotatable bonds is 4. The van der Waals surface area contributed by atoms with Gasteiger partial charge in [0.1, 0.15) is 6.61 Å². The Balaban J connectivity index is 2.16. The standard InChI is InChI=1S/C19H22N2O4/c1-4-9-25-18(23)16-14(12-7-5-11(2)6-8-12)15-13(10-19(16,3)24)20-21-17(15)22/h4-8,14,16,24H,1,9-10H2,2-3H3,(H2,20,21,22)/t14-,16-,19-/m0/s1. The van der Waals surface area contributed by atoms with E-state index in [1.807, 2.05) is 31.2 Å². The maximum Gasteiger partial charge on any atom is 0.313 e. The maximum atomic E-state index is 12.7. The van der Waals surface area contributed by atoms with Crippen molar-refractivity contribution in [3.63, 3.8) is 0 Å². The number of carbonyl (C=O) groups is 1. The number of fused-ring (bicyclic) bond motifs is 1. The largest absolute Gasteiger partial charge is 0.461 e. The summed E-state index contributed by atoms with van der Waals surface area (Å²) >= 11 is 0. The second-order valence-electron chi connectivity index (χ2n) is 6.79. The average molecular weight is 342 g/mol. The van der Waals surface area contributed by atoms with Gasteiger partial charge in [0, 0.05) is 23.6 Å². The number of aliphatic hydroxyl groups is 1. The summed E-state index contributed by atoms with van der Waals surface area (Å²) in [6.07, 6.45) is 1.64. The van der Waals surface area contributed by atoms with Crippen LogP contribution in [0, 0.1) is 12.8 Å². The lowest BCUT2D eigenvalue weighted by atomic mass is 9.66. The van der Waals surface area contributed by atoms with Gasteiger partial charge in [0.15, 0.2) is 0 Å². The molecule has 1 aromatic carbocycles. The van der Waals surface area contributed by atoms with Crippen LogP contribution in [0.4, 0.5) is 0 Å². The minimum Gasteiger partial charge on any atom is -0.461 e. The number of hydrogen-bond donors (Lipinski definition) is 3. The molecule has 1 aliphatic carbocycles. The van der Waals surface area contributed by atoms with E-state index in [0.717, 1.165) is 11.1 Å². The van der Waals surface area contributed by atoms with Crippen LogP contribution < -0.4 is 5.56 Å². The minimum atomic E-state index is -1.36. The molecule has 2 aromatic rings. The van der Waals surface area contributed by atoms with Crippen molar-refractivity contribution in [2.45, 2.75) is 31.8 Å². The summed E-state index contributed by atoms with van der Waals surface area (Å²) in [5.74, 6) is -2.02. The maximum absolute atomic E-state index is 12.7. The quantitative estimate of drug-likeness (QED) is 0.583. The average Bonchev–Trinajstić information content (AvgIpc) is 2.91. The molecule has 0 unspecified atom stereocenters. The van der Waals surface area contributed by atoms with Crippen molar-refractivity contribution in [3.05, 3.63) is 69.7 Å². The highest BCUT2D eigenvalue weighted by Gasteiger charge is 2.51. The van der Waals surface area contributed by atoms with E-state index in [2.05, 4.69) is 16.8 Å². The third-order valence-corrected chi connectivity index (χ3v) is 4.78. The third kappa shape index (κ3) is 3.05. The Morgan fingerprint density at radius 1 is 1.40 bits per heavy atom. The SMILES string of the molecule is C=CCOC(=O)[C@@H]1[C@@H](c2ccc(C)cc2)c2c([nH][nH]c2=O)C[C@]1(C)O. The predicted octanol–water partition coefficient (Wildman–Crippen LogP) is 1.80. The zero-order valence-electron chi connectivity index (χ0n) is 14.3. The highest BCUT2D eigenvalue weighted by molar-refractivity contribution is 5.77. The van der Waals surface area contributed by atoms with Crippen molar-refractivity contribution in [2.24, 2.45) is 5.92 Å². The normalized spacial score (nSPS) is 25.2. The van der Waals surface area contributed by atoms with E-state index in [-0.39, 0.29) is 18.6 Å². The number of esters is 1. The Morgan fingerprint density at radius 3 is 2.72 bits per heavy atom. The number of benzene rings is 1. The lowest BCUT2D eigenvalue weighted by Gasteiger charge is -2.40. The molecule has 132 valence electrons. The van der Waals surface area contributed by atoms with Crippen molar-refractivity contribution in [3.8, 4) is 0 Å². The Hall–Kier alpha value is -2.60. The van der Waals surface area contributed by atoms with Crippen LogP contribution in [0.15, 0.2) is 41.7 Å². The first-order valence-corrected chi connectivity index (χ1v) is 8.21. The molecule has 1 heterocycles. The van der Waals surface area contributed by atoms with E-state index in [0.29, 0.717) is 11.3 Å². The molecule has 0 fully saturated rings. The number of ether oxygens (including phenoxy) is 1. The van der Waals surface area contributed by atoms with Gasteiger partial charge in [-0.15, -0.1) is 0 Å². The lowest BCUT2D eigenvalue weighted by Crippen LogP contribution is -2.50. The van der Waals surface area contributed by atoms with Crippen LogP contribution in [0.5, 0.6) is 0 Å². The zero-order valence-corrected chi connectivity index (χ0v) is 14.3. The van der Waals surface area contributed by atoms with Crippen molar-refractivity contribution in [1.82, 2.24) is 10.2 Å². The van der Waals surface area contributed by atoms with Crippen molar-refractivity contribution in [2.75, 3.05) is 6.61 Å². The van der Waals surface area contributed by atoms with Crippen LogP contribution in [0.3, 0.4) is 0 Å². The van der Waals surface area contributed by atoms with Crippen LogP contribution in [0.25, 0.3) is 0 Å². The number of H-pyrrole nitrogens is 2. The molecular formula is C19H22N2O4. The molecule has 0 saturated carbocycles. The second kappa shape index (κ2) is 6.37. The molecule has 0 radical (unpaired) electrons. The molecule has 1 aliphatic rings. The van der Waals surface area contributed by atoms with Crippen LogP contribution in [-0.2, 0) is 16.0 Å². The molecule has 0 amide bonds. The zero-order chi connectivity index (χ0) is 18.2. The Labute approximate surface area is 145 Å². The van der Waals surface area contributed by atoms with Gasteiger partial charge in [0.05, 0.1) is 11.5 Å². The summed E-state index contributed by atoms with van der Waals surface area (Å²) in [7, 11) is 0. The van der Waals surface area contributed by atoms with Gasteiger partial charge in [0.25, 0.3) is 5.56 Å². The van der Waals surface area contributed by atoms with E-state index in [1.54, 1.807) is 6.92 Å². The van der Waals surface area contributed by atoms with E-state index < -0.39 is 23.4 Å². The summed E-state index contributed by atoms with van der Waals surface area (Å²) in [5, 5.41) is 16.4. The summed E-state index contributed by atoms with van der Waals surface area (Å²) < 4.78 is 5.23. The summed E-state index contributed by atoms with van der Waals surface area (Å²) in [6, 6.07) is 7.60. The number of carbonyl (C=O) groups excluding carboxylic acids is 1. The first kappa shape index (κ1) is 17.2. The van der Waals surface area contributed by atoms with Gasteiger partial charge in [-0.3, -0.25) is 14.7 Å². The predicted molar refractivity (Wildman–Crippen MR) is 93.4 cm³/mol. The smallest absolute Gasteiger partial charge is 0.313 e. The fourth-order valence-electron chi connectivity index (χ4n) is 3.62. The number of aryl methyl sites for hydroxylation is 1. The van der Waals surface area contributed by atoms with Crippen LogP contribution in [0.1, 0.15) is 35.2 Å². The van der Waals surface area contributed by atoms with E-state index in [4.69, 9.17) is 4.74 Å². The van der Waals surface area contributed by atoms with Gasteiger partial charge in [-0.1, -0.05) is 42.5 Å². The minimum absolute atomic E-state index is 0.0579. The number of nitrogens with one attached hydrogen (secondary N) is 2. The molecule has 25 heavy (non-hydrogen) atoms. The van der Waals surface area contributed by atoms with Crippen LogP contribution in [0.2, 0.25) is 0 Å². The highest BCUT2D eigenvalue weighted by atomic mass is 16.5. The van der Waals surface area contributed by atoms with Gasteiger partial charge in [-0.2, -0.15) is 0 Å². The Kier molecular flexibility index (Phi) is 4.39. The van der Waals surface area contributed by atoms with Crippen molar-refractivity contribution < 1.29 is 14.6 Å². The first-order chi connectivity index (χ1) is 11.8. The fourth-order valence-corrected chi connectivity index (χ4v) is 3.62. The number of hydrogen-bond acceptors (Lipinski definition) is 4. The number of aromatic amines is 2. The molecular weight excluding hydrogens is 320 g/mol. The third-order valence-electron chi connectivity index (χ3n) is 4.78. The van der Waals surface area contributed by atoms with Gasteiger partial charge in [-0.25, -0.2) is 0 Å². The molecule has 1 aromatic heterocycles. The summed E-state index contributed by atoms with van der Waals surface area (Å²) in [4.78, 5) is 25.1. The highest BCUT2D eigenvalue weighted by Crippen LogP contribution is 2.44. The van der Waals surface area contributed by atoms with Gasteiger partial charge < -0.3 is 14.9 Å². The van der Waals surface area contributed by atoms with Gasteiger partial charge in [-0.05, 0) is 19.4 Å². The van der Waals surface area contributed by atoms with Crippen LogP contribution in [-0.4, -0.2) is 33.5 Å². The first-order valence-electron chi connectivity index (χ1n) is 8.21. The molecule has 0 spiro atoms. The monoisotopic (exact) mass is 342 g/mol. The molecule has 6 heteroatoms. The van der Waals surface area contributed by atoms with Gasteiger partial charge >= 0.3 is 5.97 Å². The number of aromatic nitrogens is 2. The molecule has 6 nitrogen and oxygen atoms in total.